The third-order valence-corrected chi connectivity index (χ3v) is 7.56. The molecule has 35 heavy (non-hydrogen) atoms. The van der Waals surface area contributed by atoms with Gasteiger partial charge in [0, 0.05) is 54.9 Å². The lowest BCUT2D eigenvalue weighted by molar-refractivity contribution is 0.0115. The van der Waals surface area contributed by atoms with E-state index in [1.807, 2.05) is 11.1 Å². The van der Waals surface area contributed by atoms with Crippen molar-refractivity contribution in [1.82, 2.24) is 19.4 Å². The number of halogens is 2. The topological polar surface area (TPSA) is 46.0 Å². The molecule has 2 aromatic heterocycles. The van der Waals surface area contributed by atoms with Crippen LogP contribution < -0.4 is 5.32 Å². The summed E-state index contributed by atoms with van der Waals surface area (Å²) in [6.07, 6.45) is 12.6. The molecule has 1 aliphatic heterocycles. The van der Waals surface area contributed by atoms with Crippen molar-refractivity contribution in [3.63, 3.8) is 0 Å². The van der Waals surface area contributed by atoms with Gasteiger partial charge in [0.25, 0.3) is 5.92 Å². The Bertz CT molecular complexity index is 1130. The second-order valence-corrected chi connectivity index (χ2v) is 10.5. The minimum absolute atomic E-state index is 0.0418. The summed E-state index contributed by atoms with van der Waals surface area (Å²) >= 11 is 0. The van der Waals surface area contributed by atoms with Crippen molar-refractivity contribution in [3.8, 4) is 11.1 Å². The smallest absolute Gasteiger partial charge is 0.261 e. The lowest BCUT2D eigenvalue weighted by Crippen LogP contribution is -2.24. The van der Waals surface area contributed by atoms with E-state index in [0.29, 0.717) is 31.1 Å². The largest absolute Gasteiger partial charge is 0.352 e. The molecular formula is C28H37F2N5. The van der Waals surface area contributed by atoms with E-state index in [-0.39, 0.29) is 13.0 Å². The number of nitrogens with one attached hydrogen (secondary N) is 1. The fourth-order valence-corrected chi connectivity index (χ4v) is 5.68. The van der Waals surface area contributed by atoms with Gasteiger partial charge in [-0.2, -0.15) is 4.98 Å². The second-order valence-electron chi connectivity index (χ2n) is 10.5. The number of likely N-dealkylation sites (tertiary alicyclic amines) is 1. The molecule has 0 radical (unpaired) electrons. The Balaban J connectivity index is 1.44. The molecule has 5 nitrogen and oxygen atoms in total. The molecule has 7 heteroatoms. The van der Waals surface area contributed by atoms with Crippen molar-refractivity contribution in [1.29, 1.82) is 0 Å². The molecule has 1 saturated carbocycles. The molecule has 2 fully saturated rings. The Morgan fingerprint density at radius 2 is 1.91 bits per heavy atom. The number of aromatic nitrogens is 3. The fraction of sp³-hybridized carbons (Fsp3) is 0.571. The first-order valence-electron chi connectivity index (χ1n) is 13.3. The van der Waals surface area contributed by atoms with E-state index in [0.717, 1.165) is 40.6 Å². The summed E-state index contributed by atoms with van der Waals surface area (Å²) in [5.74, 6) is -1.86. The number of hydrogen-bond acceptors (Lipinski definition) is 4. The monoisotopic (exact) mass is 481 g/mol. The normalized spacial score (nSPS) is 19.9. The molecule has 1 aromatic carbocycles. The van der Waals surface area contributed by atoms with Crippen LogP contribution in [0.25, 0.3) is 22.2 Å². The summed E-state index contributed by atoms with van der Waals surface area (Å²) in [5, 5.41) is 4.53. The highest BCUT2D eigenvalue weighted by Gasteiger charge is 2.37. The maximum atomic E-state index is 13.6. The fourth-order valence-electron chi connectivity index (χ4n) is 5.68. The SMILES string of the molecule is CCCC(C)Nc1ncc2c(-c3ccc(CN4CCC(F)(F)C4)cc3)cn(C3CCCCC3)c2n1. The predicted octanol–water partition coefficient (Wildman–Crippen LogP) is 7.05. The number of nitrogens with zero attached hydrogens (tertiary/aromatic N) is 4. The van der Waals surface area contributed by atoms with Crippen LogP contribution in [0.1, 0.15) is 76.8 Å². The molecule has 1 unspecified atom stereocenters. The summed E-state index contributed by atoms with van der Waals surface area (Å²) in [5.41, 5.74) is 4.31. The molecule has 0 bridgehead atoms. The lowest BCUT2D eigenvalue weighted by atomic mass is 9.95. The zero-order chi connectivity index (χ0) is 24.4. The van der Waals surface area contributed by atoms with E-state index in [4.69, 9.17) is 4.98 Å². The minimum Gasteiger partial charge on any atom is -0.352 e. The molecule has 188 valence electrons. The van der Waals surface area contributed by atoms with Gasteiger partial charge in [0.05, 0.1) is 6.54 Å². The predicted molar refractivity (Wildman–Crippen MR) is 138 cm³/mol. The summed E-state index contributed by atoms with van der Waals surface area (Å²) in [6.45, 7) is 5.23. The maximum Gasteiger partial charge on any atom is 0.261 e. The Morgan fingerprint density at radius 1 is 1.14 bits per heavy atom. The highest BCUT2D eigenvalue weighted by Crippen LogP contribution is 2.37. The van der Waals surface area contributed by atoms with Crippen LogP contribution in [0, 0.1) is 0 Å². The van der Waals surface area contributed by atoms with Crippen LogP contribution in [0.3, 0.4) is 0 Å². The molecule has 3 heterocycles. The first kappa shape index (κ1) is 24.2. The van der Waals surface area contributed by atoms with E-state index in [9.17, 15) is 8.78 Å². The maximum absolute atomic E-state index is 13.6. The number of fused-ring (bicyclic) bond motifs is 1. The number of benzene rings is 1. The van der Waals surface area contributed by atoms with Crippen LogP contribution in [-0.2, 0) is 6.54 Å². The second kappa shape index (κ2) is 10.2. The van der Waals surface area contributed by atoms with Gasteiger partial charge in [-0.15, -0.1) is 0 Å². The van der Waals surface area contributed by atoms with Crippen LogP contribution in [0.4, 0.5) is 14.7 Å². The first-order chi connectivity index (χ1) is 16.9. The van der Waals surface area contributed by atoms with Crippen LogP contribution >= 0.6 is 0 Å². The molecule has 1 atom stereocenters. The number of hydrogen-bond donors (Lipinski definition) is 1. The minimum atomic E-state index is -2.55. The van der Waals surface area contributed by atoms with Gasteiger partial charge in [-0.3, -0.25) is 4.90 Å². The standard InChI is InChI=1S/C28H37F2N5/c1-3-7-20(2)32-27-31-16-24-25(18-35(26(24)33-27)23-8-5-4-6-9-23)22-12-10-21(11-13-22)17-34-15-14-28(29,30)19-34/h10-13,16,18,20,23H,3-9,14-15,17,19H2,1-2H3,(H,31,32,33). The van der Waals surface area contributed by atoms with Gasteiger partial charge in [0.1, 0.15) is 5.65 Å². The number of alkyl halides is 2. The van der Waals surface area contributed by atoms with Gasteiger partial charge in [-0.05, 0) is 37.3 Å². The van der Waals surface area contributed by atoms with Crippen molar-refractivity contribution >= 4 is 17.0 Å². The zero-order valence-corrected chi connectivity index (χ0v) is 20.9. The molecule has 0 amide bonds. The first-order valence-corrected chi connectivity index (χ1v) is 13.3. The van der Waals surface area contributed by atoms with E-state index in [2.05, 4.69) is 59.2 Å². The third-order valence-electron chi connectivity index (χ3n) is 7.56. The molecule has 5 rings (SSSR count). The molecule has 3 aromatic rings. The highest BCUT2D eigenvalue weighted by molar-refractivity contribution is 5.94. The quantitative estimate of drug-likeness (QED) is 0.375. The van der Waals surface area contributed by atoms with Gasteiger partial charge in [-0.1, -0.05) is 56.9 Å². The molecule has 0 spiro atoms. The van der Waals surface area contributed by atoms with Crippen molar-refractivity contribution in [3.05, 3.63) is 42.2 Å². The van der Waals surface area contributed by atoms with Gasteiger partial charge < -0.3 is 9.88 Å². The summed E-state index contributed by atoms with van der Waals surface area (Å²) in [7, 11) is 0. The van der Waals surface area contributed by atoms with Gasteiger partial charge in [0.2, 0.25) is 5.95 Å². The summed E-state index contributed by atoms with van der Waals surface area (Å²) < 4.78 is 29.5. The van der Waals surface area contributed by atoms with Crippen molar-refractivity contribution < 1.29 is 8.78 Å². The third kappa shape index (κ3) is 5.50. The van der Waals surface area contributed by atoms with E-state index < -0.39 is 5.92 Å². The van der Waals surface area contributed by atoms with E-state index >= 15 is 0 Å². The average molecular weight is 482 g/mol. The molecule has 2 aliphatic rings. The summed E-state index contributed by atoms with van der Waals surface area (Å²) in [4.78, 5) is 11.5. The van der Waals surface area contributed by atoms with Crippen molar-refractivity contribution in [2.75, 3.05) is 18.4 Å². The van der Waals surface area contributed by atoms with Crippen LogP contribution in [0.15, 0.2) is 36.7 Å². The van der Waals surface area contributed by atoms with Crippen molar-refractivity contribution in [2.24, 2.45) is 0 Å². The van der Waals surface area contributed by atoms with Gasteiger partial charge in [0.15, 0.2) is 0 Å². The van der Waals surface area contributed by atoms with E-state index in [1.54, 1.807) is 0 Å². The van der Waals surface area contributed by atoms with Crippen LogP contribution in [0.5, 0.6) is 0 Å². The van der Waals surface area contributed by atoms with E-state index in [1.165, 1.54) is 32.1 Å². The average Bonchev–Trinajstić information content (AvgIpc) is 3.39. The molecule has 1 aliphatic carbocycles. The Labute approximate surface area is 206 Å². The Morgan fingerprint density at radius 3 is 2.60 bits per heavy atom. The molecular weight excluding hydrogens is 444 g/mol. The highest BCUT2D eigenvalue weighted by atomic mass is 19.3. The zero-order valence-electron chi connectivity index (χ0n) is 20.9. The van der Waals surface area contributed by atoms with Gasteiger partial charge in [-0.25, -0.2) is 13.8 Å². The molecule has 1 N–H and O–H groups in total. The van der Waals surface area contributed by atoms with Crippen molar-refractivity contribution in [2.45, 2.75) is 89.8 Å². The lowest BCUT2D eigenvalue weighted by Gasteiger charge is -2.24. The van der Waals surface area contributed by atoms with Gasteiger partial charge >= 0.3 is 0 Å². The Kier molecular flexibility index (Phi) is 7.05. The van der Waals surface area contributed by atoms with Crippen LogP contribution in [0.2, 0.25) is 0 Å². The number of rotatable bonds is 8. The summed E-state index contributed by atoms with van der Waals surface area (Å²) in [6, 6.07) is 9.15. The Hall–Kier alpha value is -2.54. The van der Waals surface area contributed by atoms with Crippen LogP contribution in [-0.4, -0.2) is 44.5 Å². The molecule has 1 saturated heterocycles. The number of anilines is 1.